The fourth-order valence-electron chi connectivity index (χ4n) is 2.57. The number of amides is 2. The fourth-order valence-corrected chi connectivity index (χ4v) is 3.54. The molecule has 0 atom stereocenters. The van der Waals surface area contributed by atoms with Crippen LogP contribution >= 0.6 is 0 Å². The number of aromatic nitrogens is 1. The summed E-state index contributed by atoms with van der Waals surface area (Å²) < 4.78 is 37.1. The minimum atomic E-state index is -4.18. The van der Waals surface area contributed by atoms with Gasteiger partial charge in [0.2, 0.25) is 0 Å². The van der Waals surface area contributed by atoms with Crippen molar-refractivity contribution in [2.24, 2.45) is 0 Å². The number of benzene rings is 1. The third kappa shape index (κ3) is 9.15. The van der Waals surface area contributed by atoms with Gasteiger partial charge in [-0.25, -0.2) is 22.9 Å². The van der Waals surface area contributed by atoms with E-state index in [2.05, 4.69) is 10.3 Å². The van der Waals surface area contributed by atoms with Crippen LogP contribution in [0.15, 0.2) is 47.5 Å². The summed E-state index contributed by atoms with van der Waals surface area (Å²) in [7, 11) is -4.18. The summed E-state index contributed by atoms with van der Waals surface area (Å²) >= 11 is 0. The molecule has 12 heteroatoms. The molecule has 1 heterocycles. The SMILES string of the molecule is CCCOC(=O)c1ccc(C(=O)NS(=O)(=O)c2ccc(C(=O)NCCCOCC)cc2)cn1.[Na+]. The Bertz CT molecular complexity index is 1060. The fraction of sp³-hybridized carbons (Fsp3) is 0.364. The normalized spacial score (nSPS) is 10.6. The molecular weight excluding hydrogens is 473 g/mol. The van der Waals surface area contributed by atoms with Gasteiger partial charge >= 0.3 is 35.5 Å². The Kier molecular flexibility index (Phi) is 13.0. The van der Waals surface area contributed by atoms with Crippen molar-refractivity contribution >= 4 is 27.8 Å². The van der Waals surface area contributed by atoms with Crippen LogP contribution in [0.5, 0.6) is 0 Å². The van der Waals surface area contributed by atoms with Crippen LogP contribution in [0.3, 0.4) is 0 Å². The number of esters is 1. The summed E-state index contributed by atoms with van der Waals surface area (Å²) in [6.07, 6.45) is 2.41. The number of rotatable bonds is 12. The molecule has 0 radical (unpaired) electrons. The first-order valence-electron chi connectivity index (χ1n) is 10.4. The summed E-state index contributed by atoms with van der Waals surface area (Å²) in [4.78, 5) is 39.9. The minimum absolute atomic E-state index is 0. The first kappa shape index (κ1) is 29.7. The molecule has 1 aromatic heterocycles. The standard InChI is InChI=1S/C22H27N3O7S.Na/c1-3-13-32-22(28)19-11-8-17(15-24-19)21(27)25-33(29,30)18-9-6-16(7-10-18)20(26)23-12-5-14-31-4-2;/h6-11,15H,3-5,12-14H2,1-2H3,(H,23,26)(H,25,27);/q;+1. The number of carbonyl (C=O) groups is 3. The van der Waals surface area contributed by atoms with Gasteiger partial charge in [0, 0.05) is 31.5 Å². The largest absolute Gasteiger partial charge is 1.00 e. The molecule has 2 N–H and O–H groups in total. The maximum atomic E-state index is 12.5. The zero-order valence-electron chi connectivity index (χ0n) is 19.5. The molecule has 178 valence electrons. The zero-order chi connectivity index (χ0) is 24.3. The maximum absolute atomic E-state index is 12.5. The smallest absolute Gasteiger partial charge is 0.461 e. The molecule has 0 spiro atoms. The summed E-state index contributed by atoms with van der Waals surface area (Å²) in [5.74, 6) is -1.88. The van der Waals surface area contributed by atoms with Gasteiger partial charge in [0.15, 0.2) is 0 Å². The molecule has 34 heavy (non-hydrogen) atoms. The molecule has 0 saturated heterocycles. The van der Waals surface area contributed by atoms with Crippen LogP contribution in [0.2, 0.25) is 0 Å². The first-order chi connectivity index (χ1) is 15.8. The van der Waals surface area contributed by atoms with Gasteiger partial charge in [-0.05, 0) is 56.2 Å². The number of nitrogens with zero attached hydrogens (tertiary/aromatic N) is 1. The van der Waals surface area contributed by atoms with Gasteiger partial charge < -0.3 is 14.8 Å². The summed E-state index contributed by atoms with van der Waals surface area (Å²) in [6.45, 7) is 5.55. The van der Waals surface area contributed by atoms with E-state index in [1.165, 1.54) is 36.4 Å². The Hall–Kier alpha value is -2.31. The Morgan fingerprint density at radius 1 is 0.941 bits per heavy atom. The average molecular weight is 501 g/mol. The van der Waals surface area contributed by atoms with Crippen molar-refractivity contribution in [1.82, 2.24) is 15.0 Å². The topological polar surface area (TPSA) is 141 Å². The minimum Gasteiger partial charge on any atom is -0.461 e. The van der Waals surface area contributed by atoms with Crippen LogP contribution in [0, 0.1) is 0 Å². The summed E-state index contributed by atoms with van der Waals surface area (Å²) in [5, 5.41) is 2.72. The molecule has 2 amide bonds. The van der Waals surface area contributed by atoms with Gasteiger partial charge in [0.1, 0.15) is 5.69 Å². The van der Waals surface area contributed by atoms with Crippen molar-refractivity contribution in [1.29, 1.82) is 0 Å². The molecule has 0 saturated carbocycles. The van der Waals surface area contributed by atoms with Crippen molar-refractivity contribution < 1.29 is 61.8 Å². The molecule has 0 unspecified atom stereocenters. The van der Waals surface area contributed by atoms with Crippen LogP contribution in [-0.2, 0) is 19.5 Å². The number of carbonyl (C=O) groups excluding carboxylic acids is 3. The first-order valence-corrected chi connectivity index (χ1v) is 11.9. The van der Waals surface area contributed by atoms with E-state index in [9.17, 15) is 22.8 Å². The molecule has 0 aliphatic rings. The van der Waals surface area contributed by atoms with Gasteiger partial charge in [-0.15, -0.1) is 0 Å². The third-order valence-electron chi connectivity index (χ3n) is 4.28. The van der Waals surface area contributed by atoms with Gasteiger partial charge in [-0.2, -0.15) is 0 Å². The van der Waals surface area contributed by atoms with Crippen molar-refractivity contribution in [2.45, 2.75) is 31.6 Å². The van der Waals surface area contributed by atoms with E-state index >= 15 is 0 Å². The van der Waals surface area contributed by atoms with E-state index in [1.807, 2.05) is 18.6 Å². The number of ether oxygens (including phenoxy) is 2. The Balaban J connectivity index is 0.00000578. The third-order valence-corrected chi connectivity index (χ3v) is 5.63. The van der Waals surface area contributed by atoms with Crippen molar-refractivity contribution in [3.63, 3.8) is 0 Å². The van der Waals surface area contributed by atoms with Crippen LogP contribution in [-0.4, -0.2) is 57.6 Å². The molecule has 0 fully saturated rings. The molecular formula is C22H27N3NaO7S+. The second kappa shape index (κ2) is 14.8. The quantitative estimate of drug-likeness (QED) is 0.213. The molecule has 2 rings (SSSR count). The number of pyridine rings is 1. The molecule has 0 aliphatic heterocycles. The Morgan fingerprint density at radius 3 is 2.21 bits per heavy atom. The number of sulfonamides is 1. The number of nitrogens with one attached hydrogen (secondary N) is 2. The molecule has 2 aromatic rings. The summed E-state index contributed by atoms with van der Waals surface area (Å²) in [5.41, 5.74) is 0.245. The average Bonchev–Trinajstić information content (AvgIpc) is 2.82. The van der Waals surface area contributed by atoms with E-state index in [4.69, 9.17) is 9.47 Å². The van der Waals surface area contributed by atoms with Gasteiger partial charge in [-0.1, -0.05) is 6.92 Å². The Morgan fingerprint density at radius 2 is 1.62 bits per heavy atom. The second-order valence-corrected chi connectivity index (χ2v) is 8.52. The van der Waals surface area contributed by atoms with Gasteiger partial charge in [0.05, 0.1) is 17.1 Å². The van der Waals surface area contributed by atoms with E-state index in [-0.39, 0.29) is 63.8 Å². The Labute approximate surface area is 221 Å². The van der Waals surface area contributed by atoms with Gasteiger partial charge in [0.25, 0.3) is 21.8 Å². The van der Waals surface area contributed by atoms with E-state index in [0.29, 0.717) is 32.6 Å². The molecule has 10 nitrogen and oxygen atoms in total. The number of hydrogen-bond acceptors (Lipinski definition) is 8. The zero-order valence-corrected chi connectivity index (χ0v) is 22.3. The van der Waals surface area contributed by atoms with E-state index < -0.39 is 21.9 Å². The molecule has 0 aliphatic carbocycles. The predicted octanol–water partition coefficient (Wildman–Crippen LogP) is -1.07. The van der Waals surface area contributed by atoms with Crippen molar-refractivity contribution in [2.75, 3.05) is 26.4 Å². The monoisotopic (exact) mass is 500 g/mol. The second-order valence-electron chi connectivity index (χ2n) is 6.83. The number of hydrogen-bond donors (Lipinski definition) is 2. The van der Waals surface area contributed by atoms with Crippen LogP contribution in [0.25, 0.3) is 0 Å². The maximum Gasteiger partial charge on any atom is 1.00 e. The molecule has 1 aromatic carbocycles. The van der Waals surface area contributed by atoms with E-state index in [1.54, 1.807) is 0 Å². The predicted molar refractivity (Wildman–Crippen MR) is 119 cm³/mol. The van der Waals surface area contributed by atoms with Crippen LogP contribution in [0.1, 0.15) is 57.9 Å². The van der Waals surface area contributed by atoms with Crippen molar-refractivity contribution in [3.8, 4) is 0 Å². The van der Waals surface area contributed by atoms with Crippen LogP contribution in [0.4, 0.5) is 0 Å². The van der Waals surface area contributed by atoms with E-state index in [0.717, 1.165) is 6.20 Å². The summed E-state index contributed by atoms with van der Waals surface area (Å²) in [6, 6.07) is 7.73. The van der Waals surface area contributed by atoms with Crippen LogP contribution < -0.4 is 39.6 Å². The molecule has 0 bridgehead atoms. The van der Waals surface area contributed by atoms with Crippen molar-refractivity contribution in [3.05, 3.63) is 59.4 Å². The van der Waals surface area contributed by atoms with Gasteiger partial charge in [-0.3, -0.25) is 9.59 Å².